The van der Waals surface area contributed by atoms with E-state index in [1.165, 1.54) is 58.2 Å². The molecule has 1 spiro atoms. The van der Waals surface area contributed by atoms with E-state index in [4.69, 9.17) is 0 Å². The Balaban J connectivity index is 1.95. The molecule has 0 aromatic carbocycles. The average molecular weight is 168 g/mol. The quantitative estimate of drug-likeness (QED) is 0.569. The highest BCUT2D eigenvalue weighted by molar-refractivity contribution is 4.94. The molecule has 0 amide bonds. The summed E-state index contributed by atoms with van der Waals surface area (Å²) in [5, 5.41) is 7.24. The fourth-order valence-electron chi connectivity index (χ4n) is 2.54. The van der Waals surface area contributed by atoms with Crippen molar-refractivity contribution < 1.29 is 0 Å². The lowest BCUT2D eigenvalue weighted by atomic mass is 9.86. The van der Waals surface area contributed by atoms with E-state index in [1.807, 2.05) is 0 Å². The van der Waals surface area contributed by atoms with Crippen molar-refractivity contribution in [2.24, 2.45) is 0 Å². The van der Waals surface area contributed by atoms with Crippen molar-refractivity contribution in [1.82, 2.24) is 10.6 Å². The Hall–Kier alpha value is -0.0800. The second kappa shape index (κ2) is 3.75. The topological polar surface area (TPSA) is 24.1 Å². The summed E-state index contributed by atoms with van der Waals surface area (Å²) >= 11 is 0. The van der Waals surface area contributed by atoms with Crippen LogP contribution in [-0.4, -0.2) is 25.2 Å². The summed E-state index contributed by atoms with van der Waals surface area (Å²) in [6.45, 7) is 3.66. The zero-order valence-electron chi connectivity index (χ0n) is 7.86. The highest BCUT2D eigenvalue weighted by Gasteiger charge is 2.31. The second-order valence-electron chi connectivity index (χ2n) is 4.30. The molecule has 2 N–H and O–H groups in total. The first-order valence-corrected chi connectivity index (χ1v) is 5.37. The molecule has 2 rings (SSSR count). The van der Waals surface area contributed by atoms with Gasteiger partial charge in [-0.25, -0.2) is 0 Å². The van der Waals surface area contributed by atoms with Gasteiger partial charge < -0.3 is 10.6 Å². The van der Waals surface area contributed by atoms with Crippen LogP contribution in [0.15, 0.2) is 0 Å². The Morgan fingerprint density at radius 3 is 2.58 bits per heavy atom. The molecule has 2 fully saturated rings. The van der Waals surface area contributed by atoms with E-state index < -0.39 is 0 Å². The van der Waals surface area contributed by atoms with Crippen LogP contribution in [0, 0.1) is 0 Å². The molecule has 12 heavy (non-hydrogen) atoms. The Bertz CT molecular complexity index is 129. The molecule has 0 aromatic rings. The number of hydrogen-bond acceptors (Lipinski definition) is 2. The van der Waals surface area contributed by atoms with E-state index in [0.717, 1.165) is 0 Å². The molecule has 2 nitrogen and oxygen atoms in total. The molecule has 1 unspecified atom stereocenters. The molecule has 0 aliphatic carbocycles. The molecule has 0 radical (unpaired) electrons. The number of rotatable bonds is 0. The minimum Gasteiger partial charge on any atom is -0.315 e. The van der Waals surface area contributed by atoms with Crippen molar-refractivity contribution in [2.75, 3.05) is 19.6 Å². The van der Waals surface area contributed by atoms with Crippen molar-refractivity contribution in [3.63, 3.8) is 0 Å². The van der Waals surface area contributed by atoms with Crippen LogP contribution in [0.2, 0.25) is 0 Å². The van der Waals surface area contributed by atoms with Gasteiger partial charge in [-0.05, 0) is 38.8 Å². The standard InChI is InChI=1S/C10H20N2/c1-2-5-10(12-8-3-1)6-4-7-11-9-10/h11-12H,1-9H2. The predicted octanol–water partition coefficient (Wildman–Crippen LogP) is 1.27. The second-order valence-corrected chi connectivity index (χ2v) is 4.30. The van der Waals surface area contributed by atoms with Crippen molar-refractivity contribution in [2.45, 2.75) is 44.1 Å². The highest BCUT2D eigenvalue weighted by Crippen LogP contribution is 2.25. The SMILES string of the molecule is C1CCNC2(CC1)CCCNC2. The van der Waals surface area contributed by atoms with Gasteiger partial charge in [-0.15, -0.1) is 0 Å². The summed E-state index contributed by atoms with van der Waals surface area (Å²) in [5.74, 6) is 0. The van der Waals surface area contributed by atoms with Crippen LogP contribution in [0.3, 0.4) is 0 Å². The number of piperidine rings is 1. The molecule has 70 valence electrons. The molecule has 2 heterocycles. The maximum absolute atomic E-state index is 3.73. The van der Waals surface area contributed by atoms with Crippen molar-refractivity contribution in [3.8, 4) is 0 Å². The molecule has 0 bridgehead atoms. The van der Waals surface area contributed by atoms with Crippen LogP contribution in [0.5, 0.6) is 0 Å². The first-order valence-electron chi connectivity index (χ1n) is 5.37. The van der Waals surface area contributed by atoms with Gasteiger partial charge in [-0.2, -0.15) is 0 Å². The zero-order valence-corrected chi connectivity index (χ0v) is 7.86. The third-order valence-corrected chi connectivity index (χ3v) is 3.30. The van der Waals surface area contributed by atoms with Crippen molar-refractivity contribution in [3.05, 3.63) is 0 Å². The minimum absolute atomic E-state index is 0.481. The molecular formula is C10H20N2. The molecule has 2 aliphatic heterocycles. The van der Waals surface area contributed by atoms with E-state index >= 15 is 0 Å². The van der Waals surface area contributed by atoms with Crippen molar-refractivity contribution in [1.29, 1.82) is 0 Å². The van der Waals surface area contributed by atoms with Gasteiger partial charge in [-0.3, -0.25) is 0 Å². The van der Waals surface area contributed by atoms with Crippen LogP contribution < -0.4 is 10.6 Å². The third kappa shape index (κ3) is 1.80. The van der Waals surface area contributed by atoms with Gasteiger partial charge in [0.15, 0.2) is 0 Å². The van der Waals surface area contributed by atoms with Crippen LogP contribution in [0.4, 0.5) is 0 Å². The van der Waals surface area contributed by atoms with E-state index in [-0.39, 0.29) is 0 Å². The first-order chi connectivity index (χ1) is 5.91. The lowest BCUT2D eigenvalue weighted by molar-refractivity contribution is 0.242. The summed E-state index contributed by atoms with van der Waals surface area (Å²) in [5.41, 5.74) is 0.481. The van der Waals surface area contributed by atoms with Gasteiger partial charge in [-0.1, -0.05) is 12.8 Å². The van der Waals surface area contributed by atoms with Crippen LogP contribution >= 0.6 is 0 Å². The highest BCUT2D eigenvalue weighted by atomic mass is 15.1. The fraction of sp³-hybridized carbons (Fsp3) is 1.00. The smallest absolute Gasteiger partial charge is 0.0306 e. The summed E-state index contributed by atoms with van der Waals surface area (Å²) in [6.07, 6.45) is 8.36. The minimum atomic E-state index is 0.481. The maximum atomic E-state index is 3.73. The Morgan fingerprint density at radius 1 is 0.833 bits per heavy atom. The van der Waals surface area contributed by atoms with Gasteiger partial charge >= 0.3 is 0 Å². The van der Waals surface area contributed by atoms with Crippen LogP contribution in [0.1, 0.15) is 38.5 Å². The zero-order chi connectivity index (χ0) is 8.28. The summed E-state index contributed by atoms with van der Waals surface area (Å²) in [7, 11) is 0. The largest absolute Gasteiger partial charge is 0.315 e. The monoisotopic (exact) mass is 168 g/mol. The fourth-order valence-corrected chi connectivity index (χ4v) is 2.54. The number of hydrogen-bond donors (Lipinski definition) is 2. The Labute approximate surface area is 75.1 Å². The lowest BCUT2D eigenvalue weighted by Gasteiger charge is -2.37. The molecule has 0 aromatic heterocycles. The van der Waals surface area contributed by atoms with E-state index in [0.29, 0.717) is 5.54 Å². The molecular weight excluding hydrogens is 148 g/mol. The predicted molar refractivity (Wildman–Crippen MR) is 51.3 cm³/mol. The number of nitrogens with one attached hydrogen (secondary N) is 2. The Kier molecular flexibility index (Phi) is 2.66. The van der Waals surface area contributed by atoms with E-state index in [2.05, 4.69) is 10.6 Å². The van der Waals surface area contributed by atoms with Gasteiger partial charge in [0.05, 0.1) is 0 Å². The molecule has 0 saturated carbocycles. The van der Waals surface area contributed by atoms with Crippen LogP contribution in [0.25, 0.3) is 0 Å². The van der Waals surface area contributed by atoms with Gasteiger partial charge in [0.1, 0.15) is 0 Å². The first kappa shape index (κ1) is 8.52. The summed E-state index contributed by atoms with van der Waals surface area (Å²) < 4.78 is 0. The molecule has 2 aliphatic rings. The van der Waals surface area contributed by atoms with Gasteiger partial charge in [0, 0.05) is 12.1 Å². The molecule has 1 atom stereocenters. The van der Waals surface area contributed by atoms with Crippen LogP contribution in [-0.2, 0) is 0 Å². The lowest BCUT2D eigenvalue weighted by Crippen LogP contribution is -2.55. The Morgan fingerprint density at radius 2 is 1.75 bits per heavy atom. The van der Waals surface area contributed by atoms with Crippen molar-refractivity contribution >= 4 is 0 Å². The molecule has 2 heteroatoms. The normalized spacial score (nSPS) is 38.0. The summed E-state index contributed by atoms with van der Waals surface area (Å²) in [6, 6.07) is 0. The third-order valence-electron chi connectivity index (χ3n) is 3.30. The maximum Gasteiger partial charge on any atom is 0.0306 e. The van der Waals surface area contributed by atoms with Gasteiger partial charge in [0.25, 0.3) is 0 Å². The molecule has 2 saturated heterocycles. The average Bonchev–Trinajstić information content (AvgIpc) is 2.33. The van der Waals surface area contributed by atoms with Gasteiger partial charge in [0.2, 0.25) is 0 Å². The van der Waals surface area contributed by atoms with E-state index in [1.54, 1.807) is 0 Å². The van der Waals surface area contributed by atoms with E-state index in [9.17, 15) is 0 Å². The summed E-state index contributed by atoms with van der Waals surface area (Å²) in [4.78, 5) is 0.